The minimum Gasteiger partial charge on any atom is -0.370 e. The Hall–Kier alpha value is -0.610. The van der Waals surface area contributed by atoms with Gasteiger partial charge in [-0.1, -0.05) is 13.8 Å². The second kappa shape index (κ2) is 6.08. The topological polar surface area (TPSA) is 37.0 Å². The number of halogens is 1. The number of anilines is 1. The van der Waals surface area contributed by atoms with Crippen LogP contribution in [0.1, 0.15) is 19.4 Å². The van der Waals surface area contributed by atoms with Crippen LogP contribution in [0.2, 0.25) is 0 Å². The van der Waals surface area contributed by atoms with Crippen molar-refractivity contribution >= 4 is 21.7 Å². The lowest BCUT2D eigenvalue weighted by molar-refractivity contribution is 0.685. The van der Waals surface area contributed by atoms with Gasteiger partial charge in [0.1, 0.15) is 5.82 Å². The van der Waals surface area contributed by atoms with Gasteiger partial charge in [-0.25, -0.2) is 4.98 Å². The van der Waals surface area contributed by atoms with E-state index in [0.717, 1.165) is 23.4 Å². The summed E-state index contributed by atoms with van der Waals surface area (Å²) in [5, 5.41) is 6.49. The molecule has 15 heavy (non-hydrogen) atoms. The van der Waals surface area contributed by atoms with Gasteiger partial charge in [0.15, 0.2) is 0 Å². The zero-order valence-corrected chi connectivity index (χ0v) is 11.1. The van der Waals surface area contributed by atoms with E-state index in [0.29, 0.717) is 5.92 Å². The maximum atomic E-state index is 4.37. The minimum absolute atomic E-state index is 0.623. The molecular formula is C11H18BrN3. The van der Waals surface area contributed by atoms with E-state index in [1.165, 1.54) is 5.56 Å². The molecule has 0 spiro atoms. The summed E-state index contributed by atoms with van der Waals surface area (Å²) in [6.07, 6.45) is 1.82. The first kappa shape index (κ1) is 12.5. The second-order valence-electron chi connectivity index (χ2n) is 3.97. The van der Waals surface area contributed by atoms with Crippen LogP contribution in [0.3, 0.4) is 0 Å². The van der Waals surface area contributed by atoms with Crippen molar-refractivity contribution in [3.05, 3.63) is 22.3 Å². The highest BCUT2D eigenvalue weighted by atomic mass is 79.9. The van der Waals surface area contributed by atoms with Gasteiger partial charge in [-0.15, -0.1) is 0 Å². The van der Waals surface area contributed by atoms with Crippen molar-refractivity contribution in [3.63, 3.8) is 0 Å². The Labute approximate surface area is 99.8 Å². The van der Waals surface area contributed by atoms with Crippen LogP contribution in [0.25, 0.3) is 0 Å². The van der Waals surface area contributed by atoms with Crippen molar-refractivity contribution in [2.75, 3.05) is 18.9 Å². The second-order valence-corrected chi connectivity index (χ2v) is 4.88. The van der Waals surface area contributed by atoms with E-state index < -0.39 is 0 Å². The van der Waals surface area contributed by atoms with Crippen molar-refractivity contribution in [1.29, 1.82) is 0 Å². The Kier molecular flexibility index (Phi) is 5.05. The molecule has 3 nitrogen and oxygen atoms in total. The molecule has 4 heteroatoms. The van der Waals surface area contributed by atoms with Gasteiger partial charge in [-0.3, -0.25) is 0 Å². The van der Waals surface area contributed by atoms with Gasteiger partial charge < -0.3 is 10.6 Å². The highest BCUT2D eigenvalue weighted by Crippen LogP contribution is 2.18. The van der Waals surface area contributed by atoms with E-state index in [-0.39, 0.29) is 0 Å². The number of nitrogens with zero attached hydrogens (tertiary/aromatic N) is 1. The van der Waals surface area contributed by atoms with Crippen LogP contribution in [-0.4, -0.2) is 18.6 Å². The first-order valence-corrected chi connectivity index (χ1v) is 5.95. The van der Waals surface area contributed by atoms with Crippen LogP contribution in [-0.2, 0) is 6.54 Å². The number of aromatic nitrogens is 1. The molecule has 0 bridgehead atoms. The fourth-order valence-electron chi connectivity index (χ4n) is 1.27. The van der Waals surface area contributed by atoms with Gasteiger partial charge in [0.25, 0.3) is 0 Å². The largest absolute Gasteiger partial charge is 0.370 e. The zero-order valence-electron chi connectivity index (χ0n) is 9.47. The molecule has 1 aromatic rings. The Balaban J connectivity index is 2.76. The van der Waals surface area contributed by atoms with Crippen molar-refractivity contribution in [3.8, 4) is 0 Å². The van der Waals surface area contributed by atoms with Gasteiger partial charge in [0, 0.05) is 29.3 Å². The third-order valence-electron chi connectivity index (χ3n) is 1.98. The Morgan fingerprint density at radius 1 is 1.47 bits per heavy atom. The SMILES string of the molecule is CNCc1cc(Br)cnc1NCC(C)C. The molecule has 0 saturated carbocycles. The molecule has 84 valence electrons. The van der Waals surface area contributed by atoms with Gasteiger partial charge in [-0.05, 0) is 35.0 Å². The first-order valence-electron chi connectivity index (χ1n) is 5.16. The Morgan fingerprint density at radius 2 is 2.20 bits per heavy atom. The number of pyridine rings is 1. The summed E-state index contributed by atoms with van der Waals surface area (Å²) in [5.41, 5.74) is 1.19. The molecular weight excluding hydrogens is 254 g/mol. The monoisotopic (exact) mass is 271 g/mol. The summed E-state index contributed by atoms with van der Waals surface area (Å²) in [7, 11) is 1.94. The van der Waals surface area contributed by atoms with Gasteiger partial charge in [0.2, 0.25) is 0 Å². The molecule has 0 unspecified atom stereocenters. The van der Waals surface area contributed by atoms with Crippen LogP contribution in [0, 0.1) is 5.92 Å². The summed E-state index contributed by atoms with van der Waals surface area (Å²) >= 11 is 3.43. The first-order chi connectivity index (χ1) is 7.13. The lowest BCUT2D eigenvalue weighted by atomic mass is 10.2. The van der Waals surface area contributed by atoms with Crippen molar-refractivity contribution in [2.24, 2.45) is 5.92 Å². The maximum absolute atomic E-state index is 4.37. The summed E-state index contributed by atoms with van der Waals surface area (Å²) in [6.45, 7) is 6.14. The highest BCUT2D eigenvalue weighted by molar-refractivity contribution is 9.10. The van der Waals surface area contributed by atoms with E-state index in [1.54, 1.807) is 0 Å². The summed E-state index contributed by atoms with van der Waals surface area (Å²) in [4.78, 5) is 4.37. The molecule has 0 aliphatic carbocycles. The normalized spacial score (nSPS) is 10.7. The van der Waals surface area contributed by atoms with Crippen LogP contribution in [0.5, 0.6) is 0 Å². The molecule has 0 aromatic carbocycles. The molecule has 0 saturated heterocycles. The maximum Gasteiger partial charge on any atom is 0.130 e. The fourth-order valence-corrected chi connectivity index (χ4v) is 1.65. The lowest BCUT2D eigenvalue weighted by Crippen LogP contribution is -2.14. The minimum atomic E-state index is 0.623. The number of nitrogens with one attached hydrogen (secondary N) is 2. The zero-order chi connectivity index (χ0) is 11.3. The molecule has 0 fully saturated rings. The molecule has 0 aliphatic rings. The Morgan fingerprint density at radius 3 is 2.80 bits per heavy atom. The smallest absolute Gasteiger partial charge is 0.130 e. The molecule has 1 heterocycles. The van der Waals surface area contributed by atoms with Gasteiger partial charge >= 0.3 is 0 Å². The highest BCUT2D eigenvalue weighted by Gasteiger charge is 2.04. The summed E-state index contributed by atoms with van der Waals surface area (Å²) in [6, 6.07) is 2.09. The van der Waals surface area contributed by atoms with E-state index in [9.17, 15) is 0 Å². The molecule has 0 amide bonds. The van der Waals surface area contributed by atoms with Crippen LogP contribution in [0.15, 0.2) is 16.7 Å². The van der Waals surface area contributed by atoms with Crippen molar-refractivity contribution in [1.82, 2.24) is 10.3 Å². The fraction of sp³-hybridized carbons (Fsp3) is 0.545. The van der Waals surface area contributed by atoms with Gasteiger partial charge in [-0.2, -0.15) is 0 Å². The van der Waals surface area contributed by atoms with Gasteiger partial charge in [0.05, 0.1) is 0 Å². The Bertz CT molecular complexity index is 313. The van der Waals surface area contributed by atoms with Crippen LogP contribution >= 0.6 is 15.9 Å². The summed E-state index contributed by atoms with van der Waals surface area (Å²) in [5.74, 6) is 1.60. The molecule has 2 N–H and O–H groups in total. The quantitative estimate of drug-likeness (QED) is 0.865. The van der Waals surface area contributed by atoms with E-state index in [2.05, 4.69) is 51.5 Å². The van der Waals surface area contributed by atoms with Crippen LogP contribution in [0.4, 0.5) is 5.82 Å². The van der Waals surface area contributed by atoms with Crippen molar-refractivity contribution < 1.29 is 0 Å². The molecule has 1 rings (SSSR count). The summed E-state index contributed by atoms with van der Waals surface area (Å²) < 4.78 is 1.02. The average molecular weight is 272 g/mol. The molecule has 0 aliphatic heterocycles. The number of hydrogen-bond donors (Lipinski definition) is 2. The standard InChI is InChI=1S/C11H18BrN3/c1-8(2)5-14-11-9(6-13-3)4-10(12)7-15-11/h4,7-8,13H,5-6H2,1-3H3,(H,14,15). The van der Waals surface area contributed by atoms with Crippen molar-refractivity contribution in [2.45, 2.75) is 20.4 Å². The lowest BCUT2D eigenvalue weighted by Gasteiger charge is -2.12. The third kappa shape index (κ3) is 4.18. The molecule has 0 radical (unpaired) electrons. The third-order valence-corrected chi connectivity index (χ3v) is 2.41. The average Bonchev–Trinajstić information content (AvgIpc) is 2.17. The number of hydrogen-bond acceptors (Lipinski definition) is 3. The van der Waals surface area contributed by atoms with E-state index >= 15 is 0 Å². The van der Waals surface area contributed by atoms with Crippen LogP contribution < -0.4 is 10.6 Å². The predicted molar refractivity (Wildman–Crippen MR) is 68.0 cm³/mol. The predicted octanol–water partition coefficient (Wildman–Crippen LogP) is 2.63. The van der Waals surface area contributed by atoms with E-state index in [4.69, 9.17) is 0 Å². The van der Waals surface area contributed by atoms with E-state index in [1.807, 2.05) is 13.2 Å². The number of rotatable bonds is 5. The molecule has 1 aromatic heterocycles. The molecule has 0 atom stereocenters.